The predicted molar refractivity (Wildman–Crippen MR) is 51.8 cm³/mol. The summed E-state index contributed by atoms with van der Waals surface area (Å²) in [6.45, 7) is 0. The van der Waals surface area contributed by atoms with Crippen molar-refractivity contribution in [2.75, 3.05) is 0 Å². The van der Waals surface area contributed by atoms with Crippen molar-refractivity contribution in [2.45, 2.75) is 23.6 Å². The standard InChI is InChI=1S/C7H11NO6S/c8-3(5(11)12)1-7(15,6(13)14)2-4(9)10/h3,15H,1-2,8H2,(H,9,10)(H,11,12)(H,13,14). The number of hydrogen-bond acceptors (Lipinski definition) is 5. The van der Waals surface area contributed by atoms with Crippen molar-refractivity contribution in [3.8, 4) is 0 Å². The highest BCUT2D eigenvalue weighted by molar-refractivity contribution is 7.82. The SMILES string of the molecule is NC(CC(S)(CC(=O)O)C(=O)O)C(=O)O. The number of carboxylic acid groups (broad SMARTS) is 3. The van der Waals surface area contributed by atoms with Crippen LogP contribution in [-0.2, 0) is 14.4 Å². The maximum atomic E-state index is 10.7. The van der Waals surface area contributed by atoms with Gasteiger partial charge in [-0.1, -0.05) is 0 Å². The van der Waals surface area contributed by atoms with Gasteiger partial charge in [-0.25, -0.2) is 0 Å². The predicted octanol–water partition coefficient (Wildman–Crippen LogP) is -0.984. The molecule has 0 bridgehead atoms. The molecule has 15 heavy (non-hydrogen) atoms. The second-order valence-electron chi connectivity index (χ2n) is 3.06. The van der Waals surface area contributed by atoms with Gasteiger partial charge in [0.1, 0.15) is 10.8 Å². The normalized spacial score (nSPS) is 16.4. The van der Waals surface area contributed by atoms with E-state index in [0.717, 1.165) is 0 Å². The molecule has 0 aromatic rings. The number of carbonyl (C=O) groups is 3. The molecule has 5 N–H and O–H groups in total. The van der Waals surface area contributed by atoms with Gasteiger partial charge < -0.3 is 21.1 Å². The van der Waals surface area contributed by atoms with Crippen LogP contribution in [0.15, 0.2) is 0 Å². The molecule has 0 rings (SSSR count). The van der Waals surface area contributed by atoms with E-state index < -0.39 is 41.5 Å². The van der Waals surface area contributed by atoms with Crippen LogP contribution in [-0.4, -0.2) is 44.0 Å². The molecule has 0 aliphatic carbocycles. The van der Waals surface area contributed by atoms with Crippen molar-refractivity contribution in [3.05, 3.63) is 0 Å². The van der Waals surface area contributed by atoms with E-state index in [4.69, 9.17) is 21.1 Å². The maximum Gasteiger partial charge on any atom is 0.320 e. The van der Waals surface area contributed by atoms with Crippen LogP contribution in [0.1, 0.15) is 12.8 Å². The molecule has 0 aliphatic heterocycles. The first-order valence-electron chi connectivity index (χ1n) is 3.85. The van der Waals surface area contributed by atoms with Crippen molar-refractivity contribution >= 4 is 30.5 Å². The van der Waals surface area contributed by atoms with Crippen LogP contribution in [0.25, 0.3) is 0 Å². The van der Waals surface area contributed by atoms with Gasteiger partial charge in [-0.2, -0.15) is 12.6 Å². The zero-order valence-corrected chi connectivity index (χ0v) is 8.48. The third-order valence-corrected chi connectivity index (χ3v) is 2.25. The summed E-state index contributed by atoms with van der Waals surface area (Å²) in [6, 6.07) is -1.46. The Morgan fingerprint density at radius 3 is 2.00 bits per heavy atom. The van der Waals surface area contributed by atoms with Crippen molar-refractivity contribution < 1.29 is 29.7 Å². The van der Waals surface area contributed by atoms with E-state index in [1.54, 1.807) is 0 Å². The molecular formula is C7H11NO6S. The zero-order valence-electron chi connectivity index (χ0n) is 7.58. The molecule has 0 aromatic carbocycles. The number of carboxylic acids is 3. The molecule has 0 fully saturated rings. The Hall–Kier alpha value is -1.28. The van der Waals surface area contributed by atoms with E-state index >= 15 is 0 Å². The lowest BCUT2D eigenvalue weighted by Crippen LogP contribution is -2.44. The second kappa shape index (κ2) is 4.99. The lowest BCUT2D eigenvalue weighted by atomic mass is 9.96. The Bertz CT molecular complexity index is 293. The summed E-state index contributed by atoms with van der Waals surface area (Å²) in [6.07, 6.45) is -1.36. The molecule has 0 aliphatic rings. The third kappa shape index (κ3) is 4.17. The highest BCUT2D eigenvalue weighted by Crippen LogP contribution is 2.25. The number of hydrogen-bond donors (Lipinski definition) is 5. The Morgan fingerprint density at radius 1 is 1.27 bits per heavy atom. The van der Waals surface area contributed by atoms with Crippen LogP contribution in [0.5, 0.6) is 0 Å². The number of aliphatic carboxylic acids is 3. The summed E-state index contributed by atoms with van der Waals surface area (Å²) >= 11 is 3.66. The van der Waals surface area contributed by atoms with Crippen molar-refractivity contribution in [1.82, 2.24) is 0 Å². The van der Waals surface area contributed by atoms with Crippen LogP contribution >= 0.6 is 12.6 Å². The summed E-state index contributed by atoms with van der Waals surface area (Å²) in [7, 11) is 0. The average Bonchev–Trinajstić information content (AvgIpc) is 2.01. The molecule has 2 atom stereocenters. The highest BCUT2D eigenvalue weighted by atomic mass is 32.1. The second-order valence-corrected chi connectivity index (χ2v) is 3.91. The third-order valence-electron chi connectivity index (χ3n) is 1.72. The van der Waals surface area contributed by atoms with Crippen LogP contribution in [0.3, 0.4) is 0 Å². The van der Waals surface area contributed by atoms with E-state index in [0.29, 0.717) is 0 Å². The summed E-state index contributed by atoms with van der Waals surface area (Å²) in [4.78, 5) is 31.5. The molecule has 8 heteroatoms. The first-order chi connectivity index (χ1) is 6.69. The van der Waals surface area contributed by atoms with E-state index in [9.17, 15) is 14.4 Å². The Labute approximate surface area is 90.3 Å². The largest absolute Gasteiger partial charge is 0.481 e. The van der Waals surface area contributed by atoms with Gasteiger partial charge in [0.05, 0.1) is 6.42 Å². The van der Waals surface area contributed by atoms with Gasteiger partial charge in [0.2, 0.25) is 0 Å². The topological polar surface area (TPSA) is 138 Å². The Morgan fingerprint density at radius 2 is 1.73 bits per heavy atom. The van der Waals surface area contributed by atoms with E-state index in [-0.39, 0.29) is 0 Å². The molecule has 0 radical (unpaired) electrons. The Kier molecular flexibility index (Phi) is 4.56. The lowest BCUT2D eigenvalue weighted by molar-refractivity contribution is -0.147. The van der Waals surface area contributed by atoms with Crippen molar-refractivity contribution in [3.63, 3.8) is 0 Å². The molecule has 0 saturated heterocycles. The van der Waals surface area contributed by atoms with E-state index in [1.807, 2.05) is 0 Å². The average molecular weight is 237 g/mol. The van der Waals surface area contributed by atoms with Gasteiger partial charge in [0, 0.05) is 0 Å². The van der Waals surface area contributed by atoms with Crippen LogP contribution in [0, 0.1) is 0 Å². The fourth-order valence-electron chi connectivity index (χ4n) is 0.936. The first kappa shape index (κ1) is 13.7. The van der Waals surface area contributed by atoms with Crippen LogP contribution < -0.4 is 5.73 Å². The number of rotatable bonds is 6. The number of nitrogens with two attached hydrogens (primary N) is 1. The smallest absolute Gasteiger partial charge is 0.320 e. The van der Waals surface area contributed by atoms with E-state index in [1.165, 1.54) is 0 Å². The quantitative estimate of drug-likeness (QED) is 0.374. The summed E-state index contributed by atoms with van der Waals surface area (Å²) < 4.78 is -1.97. The lowest BCUT2D eigenvalue weighted by Gasteiger charge is -2.23. The van der Waals surface area contributed by atoms with E-state index in [2.05, 4.69) is 12.6 Å². The summed E-state index contributed by atoms with van der Waals surface area (Å²) in [5, 5.41) is 25.6. The van der Waals surface area contributed by atoms with Crippen LogP contribution in [0.4, 0.5) is 0 Å². The first-order valence-corrected chi connectivity index (χ1v) is 4.29. The van der Waals surface area contributed by atoms with Crippen LogP contribution in [0.2, 0.25) is 0 Å². The molecule has 0 aromatic heterocycles. The van der Waals surface area contributed by atoms with Gasteiger partial charge in [-0.3, -0.25) is 14.4 Å². The monoisotopic (exact) mass is 237 g/mol. The van der Waals surface area contributed by atoms with Crippen molar-refractivity contribution in [2.24, 2.45) is 5.73 Å². The summed E-state index contributed by atoms with van der Waals surface area (Å²) in [5.74, 6) is -4.30. The van der Waals surface area contributed by atoms with Crippen molar-refractivity contribution in [1.29, 1.82) is 0 Å². The van der Waals surface area contributed by atoms with Gasteiger partial charge in [0.25, 0.3) is 0 Å². The zero-order chi connectivity index (χ0) is 12.2. The molecule has 0 saturated carbocycles. The Balaban J connectivity index is 4.73. The molecule has 0 spiro atoms. The van der Waals surface area contributed by atoms with Gasteiger partial charge in [0.15, 0.2) is 0 Å². The molecule has 86 valence electrons. The highest BCUT2D eigenvalue weighted by Gasteiger charge is 2.40. The number of thiol groups is 1. The molecule has 0 heterocycles. The maximum absolute atomic E-state index is 10.7. The minimum Gasteiger partial charge on any atom is -0.481 e. The van der Waals surface area contributed by atoms with Gasteiger partial charge in [-0.05, 0) is 6.42 Å². The fourth-order valence-corrected chi connectivity index (χ4v) is 1.27. The van der Waals surface area contributed by atoms with Gasteiger partial charge >= 0.3 is 17.9 Å². The van der Waals surface area contributed by atoms with Gasteiger partial charge in [-0.15, -0.1) is 0 Å². The minimum atomic E-state index is -1.97. The molecular weight excluding hydrogens is 226 g/mol. The molecule has 7 nitrogen and oxygen atoms in total. The minimum absolute atomic E-state index is 0.562. The molecule has 0 amide bonds. The summed E-state index contributed by atoms with van der Waals surface area (Å²) in [5.41, 5.74) is 5.11. The molecule has 2 unspecified atom stereocenters. The fraction of sp³-hybridized carbons (Fsp3) is 0.571.